The van der Waals surface area contributed by atoms with Crippen LogP contribution in [-0.2, 0) is 16.1 Å². The van der Waals surface area contributed by atoms with E-state index in [1.807, 2.05) is 43.3 Å². The molecule has 2 aromatic rings. The molecule has 0 saturated heterocycles. The molecule has 1 aromatic carbocycles. The van der Waals surface area contributed by atoms with Crippen LogP contribution < -0.4 is 5.32 Å². The number of hydrogen-bond acceptors (Lipinski definition) is 3. The predicted octanol–water partition coefficient (Wildman–Crippen LogP) is 2.74. The summed E-state index contributed by atoms with van der Waals surface area (Å²) in [4.78, 5) is 16.7. The van der Waals surface area contributed by atoms with Gasteiger partial charge in [-0.3, -0.25) is 9.78 Å². The molecule has 1 aromatic heterocycles. The maximum atomic E-state index is 12.2. The number of amides is 1. The van der Waals surface area contributed by atoms with Crippen molar-refractivity contribution in [2.75, 3.05) is 5.32 Å². The van der Waals surface area contributed by atoms with Crippen molar-refractivity contribution in [2.45, 2.75) is 13.5 Å². The molecular formula is C16H12N2O2. The summed E-state index contributed by atoms with van der Waals surface area (Å²) in [5.41, 5.74) is 5.08. The zero-order valence-corrected chi connectivity index (χ0v) is 10.9. The Labute approximate surface area is 116 Å². The fourth-order valence-electron chi connectivity index (χ4n) is 2.70. The van der Waals surface area contributed by atoms with Crippen molar-refractivity contribution in [3.63, 3.8) is 0 Å². The molecule has 1 amide bonds. The number of pyridine rings is 1. The van der Waals surface area contributed by atoms with Crippen molar-refractivity contribution >= 4 is 22.9 Å². The molecule has 2 aliphatic heterocycles. The number of aryl methyl sites for hydroxylation is 1. The molecule has 4 heteroatoms. The van der Waals surface area contributed by atoms with Crippen molar-refractivity contribution in [3.05, 3.63) is 58.9 Å². The molecule has 3 heterocycles. The van der Waals surface area contributed by atoms with Crippen molar-refractivity contribution in [3.8, 4) is 0 Å². The standard InChI is InChI=1S/C16H12N2O2/c1-9-6-7-11-13(17-9)8-20-15(11)14-10-4-2-3-5-12(10)18-16(14)19/h2-7H,8H2,1H3,(H,18,19). The fraction of sp³-hybridized carbons (Fsp3) is 0.125. The minimum absolute atomic E-state index is 0.116. The number of carbonyl (C=O) groups is 1. The van der Waals surface area contributed by atoms with Gasteiger partial charge in [0.05, 0.1) is 11.3 Å². The van der Waals surface area contributed by atoms with Crippen LogP contribution in [0.2, 0.25) is 0 Å². The third kappa shape index (κ3) is 1.48. The topological polar surface area (TPSA) is 51.2 Å². The van der Waals surface area contributed by atoms with Crippen molar-refractivity contribution < 1.29 is 9.53 Å². The highest BCUT2D eigenvalue weighted by atomic mass is 16.5. The van der Waals surface area contributed by atoms with Crippen LogP contribution >= 0.6 is 0 Å². The van der Waals surface area contributed by atoms with E-state index < -0.39 is 0 Å². The van der Waals surface area contributed by atoms with Gasteiger partial charge >= 0.3 is 0 Å². The molecule has 98 valence electrons. The number of nitrogens with zero attached hydrogens (tertiary/aromatic N) is 1. The first-order chi connectivity index (χ1) is 9.74. The molecule has 0 radical (unpaired) electrons. The fourth-order valence-corrected chi connectivity index (χ4v) is 2.70. The van der Waals surface area contributed by atoms with Crippen molar-refractivity contribution in [2.24, 2.45) is 0 Å². The maximum absolute atomic E-state index is 12.2. The van der Waals surface area contributed by atoms with E-state index in [2.05, 4.69) is 10.3 Å². The number of rotatable bonds is 0. The smallest absolute Gasteiger partial charge is 0.260 e. The zero-order chi connectivity index (χ0) is 13.7. The summed E-state index contributed by atoms with van der Waals surface area (Å²) >= 11 is 0. The lowest BCUT2D eigenvalue weighted by Crippen LogP contribution is -2.05. The Hall–Kier alpha value is -2.62. The Morgan fingerprint density at radius 1 is 1.15 bits per heavy atom. The Morgan fingerprint density at radius 2 is 2.00 bits per heavy atom. The minimum Gasteiger partial charge on any atom is -0.486 e. The summed E-state index contributed by atoms with van der Waals surface area (Å²) in [5, 5.41) is 2.87. The minimum atomic E-state index is -0.116. The molecular weight excluding hydrogens is 252 g/mol. The first-order valence-electron chi connectivity index (χ1n) is 6.49. The number of nitrogens with one attached hydrogen (secondary N) is 1. The lowest BCUT2D eigenvalue weighted by molar-refractivity contribution is -0.110. The Bertz CT molecular complexity index is 778. The molecule has 4 rings (SSSR count). The van der Waals surface area contributed by atoms with Gasteiger partial charge in [-0.15, -0.1) is 0 Å². The molecule has 0 spiro atoms. The first-order valence-corrected chi connectivity index (χ1v) is 6.49. The number of aromatic nitrogens is 1. The van der Waals surface area contributed by atoms with Gasteiger partial charge in [0, 0.05) is 22.5 Å². The van der Waals surface area contributed by atoms with E-state index in [1.165, 1.54) is 0 Å². The average Bonchev–Trinajstić information content (AvgIpc) is 2.97. The maximum Gasteiger partial charge on any atom is 0.260 e. The second-order valence-corrected chi connectivity index (χ2v) is 4.94. The van der Waals surface area contributed by atoms with Gasteiger partial charge in [-0.25, -0.2) is 0 Å². The zero-order valence-electron chi connectivity index (χ0n) is 10.9. The Morgan fingerprint density at radius 3 is 2.90 bits per heavy atom. The van der Waals surface area contributed by atoms with Crippen molar-refractivity contribution in [1.82, 2.24) is 4.98 Å². The van der Waals surface area contributed by atoms with Crippen LogP contribution in [0.4, 0.5) is 5.69 Å². The number of fused-ring (bicyclic) bond motifs is 2. The van der Waals surface area contributed by atoms with Crippen LogP contribution in [0, 0.1) is 6.92 Å². The summed E-state index contributed by atoms with van der Waals surface area (Å²) < 4.78 is 5.75. The van der Waals surface area contributed by atoms with Crippen molar-refractivity contribution in [1.29, 1.82) is 0 Å². The van der Waals surface area contributed by atoms with Gasteiger partial charge in [0.25, 0.3) is 5.91 Å². The largest absolute Gasteiger partial charge is 0.486 e. The van der Waals surface area contributed by atoms with Gasteiger partial charge in [0.1, 0.15) is 12.4 Å². The van der Waals surface area contributed by atoms with E-state index in [-0.39, 0.29) is 5.91 Å². The Kier molecular flexibility index (Phi) is 2.21. The van der Waals surface area contributed by atoms with Gasteiger partial charge in [-0.05, 0) is 25.1 Å². The second-order valence-electron chi connectivity index (χ2n) is 4.94. The Balaban J connectivity index is 1.96. The lowest BCUT2D eigenvalue weighted by atomic mass is 10.0. The van der Waals surface area contributed by atoms with E-state index >= 15 is 0 Å². The second kappa shape index (κ2) is 3.93. The number of benzene rings is 1. The SMILES string of the molecule is Cc1ccc2c(n1)COC2=C1C(=O)Nc2ccccc21. The molecule has 0 unspecified atom stereocenters. The van der Waals surface area contributed by atoms with Crippen LogP contribution in [0.15, 0.2) is 36.4 Å². The van der Waals surface area contributed by atoms with Gasteiger partial charge < -0.3 is 10.1 Å². The molecule has 0 saturated carbocycles. The van der Waals surface area contributed by atoms with Crippen LogP contribution in [-0.4, -0.2) is 10.9 Å². The van der Waals surface area contributed by atoms with Crippen LogP contribution in [0.1, 0.15) is 22.5 Å². The van der Waals surface area contributed by atoms with Gasteiger partial charge in [-0.1, -0.05) is 18.2 Å². The summed E-state index contributed by atoms with van der Waals surface area (Å²) in [7, 11) is 0. The number of hydrogen-bond donors (Lipinski definition) is 1. The van der Waals surface area contributed by atoms with E-state index in [1.54, 1.807) is 0 Å². The number of ether oxygens (including phenoxy) is 1. The summed E-state index contributed by atoms with van der Waals surface area (Å²) in [6.45, 7) is 2.37. The summed E-state index contributed by atoms with van der Waals surface area (Å²) in [6.07, 6.45) is 0. The summed E-state index contributed by atoms with van der Waals surface area (Å²) in [6, 6.07) is 11.6. The average molecular weight is 264 g/mol. The van der Waals surface area contributed by atoms with Crippen LogP contribution in [0.3, 0.4) is 0 Å². The molecule has 0 aliphatic carbocycles. The molecule has 2 aliphatic rings. The first kappa shape index (κ1) is 11.2. The molecule has 0 bridgehead atoms. The highest BCUT2D eigenvalue weighted by Crippen LogP contribution is 2.40. The van der Waals surface area contributed by atoms with Gasteiger partial charge in [0.2, 0.25) is 0 Å². The lowest BCUT2D eigenvalue weighted by Gasteiger charge is -2.04. The third-order valence-corrected chi connectivity index (χ3v) is 3.61. The molecule has 1 N–H and O–H groups in total. The normalized spacial score (nSPS) is 19.4. The summed E-state index contributed by atoms with van der Waals surface area (Å²) in [5.74, 6) is 0.518. The van der Waals surface area contributed by atoms with Gasteiger partial charge in [-0.2, -0.15) is 0 Å². The monoisotopic (exact) mass is 264 g/mol. The third-order valence-electron chi connectivity index (χ3n) is 3.61. The molecule has 0 atom stereocenters. The van der Waals surface area contributed by atoms with E-state index in [9.17, 15) is 4.79 Å². The predicted molar refractivity (Wildman–Crippen MR) is 75.6 cm³/mol. The van der Waals surface area contributed by atoms with E-state index in [4.69, 9.17) is 4.74 Å². The molecule has 0 fully saturated rings. The van der Waals surface area contributed by atoms with Gasteiger partial charge in [0.15, 0.2) is 0 Å². The van der Waals surface area contributed by atoms with Crippen LogP contribution in [0.25, 0.3) is 11.3 Å². The quantitative estimate of drug-likeness (QED) is 0.744. The number of carbonyl (C=O) groups excluding carboxylic acids is 1. The van der Waals surface area contributed by atoms with E-state index in [0.717, 1.165) is 28.2 Å². The highest BCUT2D eigenvalue weighted by Gasteiger charge is 2.32. The number of anilines is 1. The van der Waals surface area contributed by atoms with E-state index in [0.29, 0.717) is 17.9 Å². The molecule has 4 nitrogen and oxygen atoms in total. The molecule has 20 heavy (non-hydrogen) atoms. The number of para-hydroxylation sites is 1. The van der Waals surface area contributed by atoms with Crippen LogP contribution in [0.5, 0.6) is 0 Å². The highest BCUT2D eigenvalue weighted by molar-refractivity contribution is 6.36.